The molecule has 1 fully saturated rings. The number of thiazole rings is 1. The van der Waals surface area contributed by atoms with E-state index in [9.17, 15) is 18.0 Å². The summed E-state index contributed by atoms with van der Waals surface area (Å²) in [5, 5.41) is 3.05. The number of rotatable bonds is 6. The van der Waals surface area contributed by atoms with Gasteiger partial charge >= 0.3 is 6.18 Å². The first-order chi connectivity index (χ1) is 13.3. The second-order valence-corrected chi connectivity index (χ2v) is 7.79. The zero-order chi connectivity index (χ0) is 20.1. The number of amides is 1. The fourth-order valence-electron chi connectivity index (χ4n) is 3.10. The van der Waals surface area contributed by atoms with Crippen molar-refractivity contribution in [1.82, 2.24) is 19.7 Å². The van der Waals surface area contributed by atoms with Crippen molar-refractivity contribution < 1.29 is 18.0 Å². The molecular weight excluding hydrogens is 389 g/mol. The van der Waals surface area contributed by atoms with Gasteiger partial charge in [0.2, 0.25) is 5.91 Å². The molecule has 9 heteroatoms. The van der Waals surface area contributed by atoms with E-state index in [4.69, 9.17) is 4.98 Å². The minimum absolute atomic E-state index is 0.0231. The van der Waals surface area contributed by atoms with E-state index in [-0.39, 0.29) is 6.54 Å². The van der Waals surface area contributed by atoms with Crippen LogP contribution >= 0.6 is 11.3 Å². The molecule has 0 unspecified atom stereocenters. The molecule has 0 radical (unpaired) electrons. The van der Waals surface area contributed by atoms with Crippen LogP contribution in [0.4, 0.5) is 13.2 Å². The molecule has 2 aromatic rings. The van der Waals surface area contributed by atoms with Gasteiger partial charge < -0.3 is 4.90 Å². The molecule has 1 aliphatic rings. The summed E-state index contributed by atoms with van der Waals surface area (Å²) in [6.45, 7) is 2.37. The number of benzene rings is 1. The van der Waals surface area contributed by atoms with Crippen LogP contribution in [0.25, 0.3) is 10.6 Å². The van der Waals surface area contributed by atoms with Crippen LogP contribution in [-0.2, 0) is 11.3 Å². The number of hydrogen-bond acceptors (Lipinski definition) is 5. The van der Waals surface area contributed by atoms with E-state index in [1.807, 2.05) is 35.2 Å². The highest BCUT2D eigenvalue weighted by molar-refractivity contribution is 7.13. The van der Waals surface area contributed by atoms with E-state index >= 15 is 0 Å². The van der Waals surface area contributed by atoms with E-state index in [0.717, 1.165) is 40.8 Å². The van der Waals surface area contributed by atoms with Crippen molar-refractivity contribution in [3.8, 4) is 10.6 Å². The number of nitrogens with zero attached hydrogens (tertiary/aromatic N) is 4. The summed E-state index contributed by atoms with van der Waals surface area (Å²) in [7, 11) is 1.19. The molecule has 0 saturated carbocycles. The van der Waals surface area contributed by atoms with Crippen LogP contribution in [0.15, 0.2) is 35.7 Å². The van der Waals surface area contributed by atoms with Crippen LogP contribution in [0.1, 0.15) is 5.69 Å². The molecule has 0 bridgehead atoms. The first-order valence-corrected chi connectivity index (χ1v) is 9.93. The van der Waals surface area contributed by atoms with Crippen molar-refractivity contribution in [1.29, 1.82) is 0 Å². The summed E-state index contributed by atoms with van der Waals surface area (Å²) in [6.07, 6.45) is -4.37. The molecule has 2 heterocycles. The van der Waals surface area contributed by atoms with Crippen LogP contribution in [0.5, 0.6) is 0 Å². The third-order valence-corrected chi connectivity index (χ3v) is 5.56. The highest BCUT2D eigenvalue weighted by atomic mass is 32.1. The van der Waals surface area contributed by atoms with Gasteiger partial charge in [0.25, 0.3) is 0 Å². The maximum absolute atomic E-state index is 12.4. The number of halogens is 3. The number of piperazine rings is 1. The molecule has 0 spiro atoms. The van der Waals surface area contributed by atoms with Crippen molar-refractivity contribution in [2.75, 3.05) is 46.3 Å². The van der Waals surface area contributed by atoms with Crippen molar-refractivity contribution in [2.24, 2.45) is 0 Å². The Balaban J connectivity index is 1.44. The molecule has 3 rings (SSSR count). The molecule has 1 saturated heterocycles. The van der Waals surface area contributed by atoms with E-state index < -0.39 is 18.6 Å². The van der Waals surface area contributed by atoms with E-state index in [1.54, 1.807) is 11.3 Å². The summed E-state index contributed by atoms with van der Waals surface area (Å²) in [6, 6.07) is 10.0. The van der Waals surface area contributed by atoms with Crippen molar-refractivity contribution >= 4 is 17.2 Å². The van der Waals surface area contributed by atoms with Crippen molar-refractivity contribution in [2.45, 2.75) is 12.7 Å². The van der Waals surface area contributed by atoms with Crippen molar-refractivity contribution in [3.63, 3.8) is 0 Å². The molecule has 28 heavy (non-hydrogen) atoms. The summed E-state index contributed by atoms with van der Waals surface area (Å²) in [5.74, 6) is -0.502. The standard InChI is InChI=1S/C19H23F3N4OS/c1-24(14-19(20,21)22)17(27)12-26-9-7-25(8-10-26)11-16-13-28-18(23-16)15-5-3-2-4-6-15/h2-6,13H,7-12,14H2,1H3. The van der Waals surface area contributed by atoms with Crippen LogP contribution in [-0.4, -0.2) is 78.1 Å². The molecule has 0 atom stereocenters. The molecule has 0 aliphatic carbocycles. The maximum Gasteiger partial charge on any atom is 0.406 e. The van der Waals surface area contributed by atoms with Gasteiger partial charge in [-0.15, -0.1) is 11.3 Å². The Labute approximate surface area is 166 Å². The number of likely N-dealkylation sites (N-methyl/N-ethyl adjacent to an activating group) is 1. The molecule has 1 aromatic carbocycles. The molecule has 1 aromatic heterocycles. The van der Waals surface area contributed by atoms with E-state index in [2.05, 4.69) is 10.3 Å². The highest BCUT2D eigenvalue weighted by Crippen LogP contribution is 2.24. The SMILES string of the molecule is CN(CC(F)(F)F)C(=O)CN1CCN(Cc2csc(-c3ccccc3)n2)CC1. The predicted molar refractivity (Wildman–Crippen MR) is 103 cm³/mol. The lowest BCUT2D eigenvalue weighted by molar-refractivity contribution is -0.159. The largest absolute Gasteiger partial charge is 0.406 e. The number of aromatic nitrogens is 1. The van der Waals surface area contributed by atoms with Gasteiger partial charge in [-0.05, 0) is 0 Å². The zero-order valence-corrected chi connectivity index (χ0v) is 16.5. The summed E-state index contributed by atoms with van der Waals surface area (Å²) in [4.78, 5) is 21.6. The number of alkyl halides is 3. The van der Waals surface area contributed by atoms with Crippen molar-refractivity contribution in [3.05, 3.63) is 41.4 Å². The number of carbonyl (C=O) groups is 1. The van der Waals surface area contributed by atoms with Gasteiger partial charge in [-0.1, -0.05) is 30.3 Å². The summed E-state index contributed by atoms with van der Waals surface area (Å²) >= 11 is 1.62. The average Bonchev–Trinajstić information content (AvgIpc) is 3.11. The summed E-state index contributed by atoms with van der Waals surface area (Å²) < 4.78 is 37.2. The van der Waals surface area contributed by atoms with Gasteiger partial charge in [0.1, 0.15) is 11.6 Å². The quantitative estimate of drug-likeness (QED) is 0.732. The van der Waals surface area contributed by atoms with Gasteiger partial charge in [0, 0.05) is 50.7 Å². The fraction of sp³-hybridized carbons (Fsp3) is 0.474. The Hall–Kier alpha value is -1.97. The Morgan fingerprint density at radius 2 is 1.79 bits per heavy atom. The minimum Gasteiger partial charge on any atom is -0.336 e. The Morgan fingerprint density at radius 3 is 2.43 bits per heavy atom. The second-order valence-electron chi connectivity index (χ2n) is 6.93. The average molecular weight is 412 g/mol. The van der Waals surface area contributed by atoms with Gasteiger partial charge in [0.15, 0.2) is 0 Å². The van der Waals surface area contributed by atoms with Crippen LogP contribution in [0, 0.1) is 0 Å². The first-order valence-electron chi connectivity index (χ1n) is 9.05. The number of hydrogen-bond donors (Lipinski definition) is 0. The molecular formula is C19H23F3N4OS. The third kappa shape index (κ3) is 6.02. The van der Waals surface area contributed by atoms with E-state index in [1.165, 1.54) is 7.05 Å². The normalized spacial score (nSPS) is 16.3. The molecule has 1 aliphatic heterocycles. The number of carbonyl (C=O) groups excluding carboxylic acids is 1. The lowest BCUT2D eigenvalue weighted by Gasteiger charge is -2.34. The van der Waals surface area contributed by atoms with E-state index in [0.29, 0.717) is 13.1 Å². The molecule has 0 N–H and O–H groups in total. The maximum atomic E-state index is 12.4. The molecule has 152 valence electrons. The Bertz CT molecular complexity index is 773. The highest BCUT2D eigenvalue weighted by Gasteiger charge is 2.31. The Kier molecular flexibility index (Phi) is 6.69. The van der Waals surface area contributed by atoms with Crippen LogP contribution in [0.2, 0.25) is 0 Å². The minimum atomic E-state index is -4.37. The third-order valence-electron chi connectivity index (χ3n) is 4.62. The van der Waals surface area contributed by atoms with Crippen LogP contribution < -0.4 is 0 Å². The summed E-state index contributed by atoms with van der Waals surface area (Å²) in [5.41, 5.74) is 2.11. The Morgan fingerprint density at radius 1 is 1.14 bits per heavy atom. The van der Waals surface area contributed by atoms with Crippen LogP contribution in [0.3, 0.4) is 0 Å². The van der Waals surface area contributed by atoms with Gasteiger partial charge in [0.05, 0.1) is 12.2 Å². The smallest absolute Gasteiger partial charge is 0.336 e. The van der Waals surface area contributed by atoms with Gasteiger partial charge in [-0.2, -0.15) is 13.2 Å². The molecule has 5 nitrogen and oxygen atoms in total. The zero-order valence-electron chi connectivity index (χ0n) is 15.7. The monoisotopic (exact) mass is 412 g/mol. The van der Waals surface area contributed by atoms with Gasteiger partial charge in [-0.25, -0.2) is 4.98 Å². The lowest BCUT2D eigenvalue weighted by Crippen LogP contribution is -2.50. The predicted octanol–water partition coefficient (Wildman–Crippen LogP) is 2.95. The topological polar surface area (TPSA) is 39.7 Å². The first kappa shape index (κ1) is 20.8. The lowest BCUT2D eigenvalue weighted by atomic mass is 10.2. The second kappa shape index (κ2) is 9.02. The van der Waals surface area contributed by atoms with Gasteiger partial charge in [-0.3, -0.25) is 14.6 Å². The fourth-order valence-corrected chi connectivity index (χ4v) is 3.91. The molecule has 1 amide bonds.